The number of aromatic nitrogens is 2. The SMILES string of the molecule is Cc1cc2ncn(CC(=O)NCCC#N)c2cc1C. The van der Waals surface area contributed by atoms with E-state index in [1.807, 2.05) is 36.6 Å². The molecular weight excluding hydrogens is 240 g/mol. The van der Waals surface area contributed by atoms with Crippen LogP contribution in [0.1, 0.15) is 17.5 Å². The van der Waals surface area contributed by atoms with Gasteiger partial charge in [-0.05, 0) is 37.1 Å². The molecule has 5 heteroatoms. The minimum atomic E-state index is -0.104. The Bertz CT molecular complexity index is 651. The van der Waals surface area contributed by atoms with Gasteiger partial charge >= 0.3 is 0 Å². The maximum absolute atomic E-state index is 11.7. The van der Waals surface area contributed by atoms with Crippen molar-refractivity contribution in [3.8, 4) is 6.07 Å². The molecule has 0 radical (unpaired) electrons. The van der Waals surface area contributed by atoms with Crippen molar-refractivity contribution in [2.45, 2.75) is 26.8 Å². The van der Waals surface area contributed by atoms with Crippen LogP contribution in [0.4, 0.5) is 0 Å². The minimum Gasteiger partial charge on any atom is -0.354 e. The number of hydrogen-bond acceptors (Lipinski definition) is 3. The first-order valence-corrected chi connectivity index (χ1v) is 6.17. The van der Waals surface area contributed by atoms with Gasteiger partial charge < -0.3 is 9.88 Å². The predicted molar refractivity (Wildman–Crippen MR) is 72.4 cm³/mol. The number of fused-ring (bicyclic) bond motifs is 1. The van der Waals surface area contributed by atoms with Gasteiger partial charge in [0.15, 0.2) is 0 Å². The molecule has 2 aromatic rings. The van der Waals surface area contributed by atoms with Gasteiger partial charge in [0.2, 0.25) is 5.91 Å². The number of amides is 1. The van der Waals surface area contributed by atoms with E-state index in [1.165, 1.54) is 11.1 Å². The Morgan fingerprint density at radius 1 is 1.42 bits per heavy atom. The van der Waals surface area contributed by atoms with Crippen LogP contribution in [-0.4, -0.2) is 22.0 Å². The van der Waals surface area contributed by atoms with E-state index in [4.69, 9.17) is 5.26 Å². The van der Waals surface area contributed by atoms with Gasteiger partial charge in [0.1, 0.15) is 6.54 Å². The number of aryl methyl sites for hydroxylation is 2. The molecule has 0 aliphatic heterocycles. The number of carbonyl (C=O) groups excluding carboxylic acids is 1. The van der Waals surface area contributed by atoms with Crippen LogP contribution in [0.2, 0.25) is 0 Å². The Hall–Kier alpha value is -2.35. The van der Waals surface area contributed by atoms with Crippen molar-refractivity contribution in [3.63, 3.8) is 0 Å². The van der Waals surface area contributed by atoms with Crippen LogP contribution in [0.3, 0.4) is 0 Å². The van der Waals surface area contributed by atoms with E-state index in [0.29, 0.717) is 13.0 Å². The lowest BCUT2D eigenvalue weighted by Gasteiger charge is -2.06. The summed E-state index contributed by atoms with van der Waals surface area (Å²) in [5, 5.41) is 11.1. The Balaban J connectivity index is 2.15. The van der Waals surface area contributed by atoms with Crippen LogP contribution in [-0.2, 0) is 11.3 Å². The zero-order valence-corrected chi connectivity index (χ0v) is 11.1. The van der Waals surface area contributed by atoms with Gasteiger partial charge in [-0.1, -0.05) is 0 Å². The molecule has 5 nitrogen and oxygen atoms in total. The Morgan fingerprint density at radius 2 is 2.16 bits per heavy atom. The maximum Gasteiger partial charge on any atom is 0.240 e. The molecule has 0 saturated heterocycles. The van der Waals surface area contributed by atoms with E-state index in [1.54, 1.807) is 6.33 Å². The summed E-state index contributed by atoms with van der Waals surface area (Å²) in [4.78, 5) is 16.0. The molecule has 0 bridgehead atoms. The average molecular weight is 256 g/mol. The third-order valence-corrected chi connectivity index (χ3v) is 3.11. The van der Waals surface area contributed by atoms with Crippen molar-refractivity contribution in [2.24, 2.45) is 0 Å². The summed E-state index contributed by atoms with van der Waals surface area (Å²) in [7, 11) is 0. The van der Waals surface area contributed by atoms with Crippen LogP contribution >= 0.6 is 0 Å². The fourth-order valence-electron chi connectivity index (χ4n) is 1.91. The first-order valence-electron chi connectivity index (χ1n) is 6.17. The first-order chi connectivity index (χ1) is 9.11. The van der Waals surface area contributed by atoms with Crippen molar-refractivity contribution in [1.82, 2.24) is 14.9 Å². The molecule has 1 heterocycles. The van der Waals surface area contributed by atoms with Crippen LogP contribution in [0.25, 0.3) is 11.0 Å². The summed E-state index contributed by atoms with van der Waals surface area (Å²) in [6.45, 7) is 4.70. The van der Waals surface area contributed by atoms with Gasteiger partial charge in [-0.15, -0.1) is 0 Å². The van der Waals surface area contributed by atoms with Crippen LogP contribution in [0.5, 0.6) is 0 Å². The number of carbonyl (C=O) groups is 1. The van der Waals surface area contributed by atoms with E-state index >= 15 is 0 Å². The van der Waals surface area contributed by atoms with E-state index in [-0.39, 0.29) is 12.5 Å². The lowest BCUT2D eigenvalue weighted by Crippen LogP contribution is -2.28. The van der Waals surface area contributed by atoms with Gasteiger partial charge in [0.05, 0.1) is 29.9 Å². The third kappa shape index (κ3) is 2.91. The molecule has 0 atom stereocenters. The number of nitrogens with one attached hydrogen (secondary N) is 1. The van der Waals surface area contributed by atoms with E-state index < -0.39 is 0 Å². The quantitative estimate of drug-likeness (QED) is 0.846. The minimum absolute atomic E-state index is 0.104. The zero-order chi connectivity index (χ0) is 13.8. The number of hydrogen-bond donors (Lipinski definition) is 1. The molecule has 2 rings (SSSR count). The van der Waals surface area contributed by atoms with Gasteiger partial charge in [-0.2, -0.15) is 5.26 Å². The van der Waals surface area contributed by atoms with E-state index in [2.05, 4.69) is 10.3 Å². The summed E-state index contributed by atoms with van der Waals surface area (Å²) in [5.41, 5.74) is 4.22. The largest absolute Gasteiger partial charge is 0.354 e. The summed E-state index contributed by atoms with van der Waals surface area (Å²) in [5.74, 6) is -0.104. The van der Waals surface area contributed by atoms with Gasteiger partial charge in [0, 0.05) is 6.54 Å². The zero-order valence-electron chi connectivity index (χ0n) is 11.1. The second-order valence-corrected chi connectivity index (χ2v) is 4.56. The smallest absolute Gasteiger partial charge is 0.240 e. The lowest BCUT2D eigenvalue weighted by atomic mass is 10.1. The topological polar surface area (TPSA) is 70.7 Å². The van der Waals surface area contributed by atoms with E-state index in [9.17, 15) is 4.79 Å². The Labute approximate surface area is 111 Å². The second kappa shape index (κ2) is 5.53. The summed E-state index contributed by atoms with van der Waals surface area (Å²) < 4.78 is 1.82. The molecule has 0 spiro atoms. The van der Waals surface area contributed by atoms with Crippen LogP contribution in [0.15, 0.2) is 18.5 Å². The maximum atomic E-state index is 11.7. The Morgan fingerprint density at radius 3 is 2.89 bits per heavy atom. The normalized spacial score (nSPS) is 10.4. The molecule has 0 fully saturated rings. The Kier molecular flexibility index (Phi) is 3.81. The fourth-order valence-corrected chi connectivity index (χ4v) is 1.91. The van der Waals surface area contributed by atoms with E-state index in [0.717, 1.165) is 11.0 Å². The van der Waals surface area contributed by atoms with Crippen molar-refractivity contribution < 1.29 is 4.79 Å². The summed E-state index contributed by atoms with van der Waals surface area (Å²) >= 11 is 0. The summed E-state index contributed by atoms with van der Waals surface area (Å²) in [6.07, 6.45) is 2.00. The molecule has 0 aliphatic rings. The van der Waals surface area contributed by atoms with Crippen LogP contribution < -0.4 is 5.32 Å². The van der Waals surface area contributed by atoms with Gasteiger partial charge in [-0.3, -0.25) is 4.79 Å². The average Bonchev–Trinajstić information content (AvgIpc) is 2.73. The van der Waals surface area contributed by atoms with Gasteiger partial charge in [0.25, 0.3) is 0 Å². The predicted octanol–water partition coefficient (Wildman–Crippen LogP) is 1.68. The number of nitriles is 1. The summed E-state index contributed by atoms with van der Waals surface area (Å²) in [6, 6.07) is 6.06. The third-order valence-electron chi connectivity index (χ3n) is 3.11. The number of rotatable bonds is 4. The lowest BCUT2D eigenvalue weighted by molar-refractivity contribution is -0.121. The number of imidazole rings is 1. The molecule has 1 aromatic carbocycles. The molecule has 0 saturated carbocycles. The highest BCUT2D eigenvalue weighted by atomic mass is 16.1. The van der Waals surface area contributed by atoms with Crippen molar-refractivity contribution in [1.29, 1.82) is 5.26 Å². The monoisotopic (exact) mass is 256 g/mol. The van der Waals surface area contributed by atoms with Crippen molar-refractivity contribution in [3.05, 3.63) is 29.6 Å². The molecule has 19 heavy (non-hydrogen) atoms. The molecule has 0 aliphatic carbocycles. The first kappa shape index (κ1) is 13.1. The molecule has 98 valence electrons. The molecule has 0 unspecified atom stereocenters. The van der Waals surface area contributed by atoms with Gasteiger partial charge in [-0.25, -0.2) is 4.98 Å². The highest BCUT2D eigenvalue weighted by Crippen LogP contribution is 2.18. The number of benzene rings is 1. The highest BCUT2D eigenvalue weighted by molar-refractivity contribution is 5.81. The second-order valence-electron chi connectivity index (χ2n) is 4.56. The highest BCUT2D eigenvalue weighted by Gasteiger charge is 2.08. The molecular formula is C14H16N4O. The molecule has 1 N–H and O–H groups in total. The van der Waals surface area contributed by atoms with Crippen LogP contribution in [0, 0.1) is 25.2 Å². The molecule has 1 aromatic heterocycles. The number of nitrogens with zero attached hydrogens (tertiary/aromatic N) is 3. The molecule has 1 amide bonds. The van der Waals surface area contributed by atoms with Crippen molar-refractivity contribution in [2.75, 3.05) is 6.54 Å². The standard InChI is InChI=1S/C14H16N4O/c1-10-6-12-13(7-11(10)2)18(9-17-12)8-14(19)16-5-3-4-15/h6-7,9H,3,5,8H2,1-2H3,(H,16,19). The van der Waals surface area contributed by atoms with Crippen molar-refractivity contribution >= 4 is 16.9 Å². The fraction of sp³-hybridized carbons (Fsp3) is 0.357.